The SMILES string of the molecule is [CH2]CN1CCC(OCOC)CC1. The lowest BCUT2D eigenvalue weighted by Crippen LogP contribution is -2.37. The summed E-state index contributed by atoms with van der Waals surface area (Å²) in [6.45, 7) is 7.41. The smallest absolute Gasteiger partial charge is 0.146 e. The Kier molecular flexibility index (Phi) is 4.58. The van der Waals surface area contributed by atoms with Gasteiger partial charge < -0.3 is 14.4 Å². The quantitative estimate of drug-likeness (QED) is 0.588. The van der Waals surface area contributed by atoms with E-state index in [0.29, 0.717) is 12.9 Å². The van der Waals surface area contributed by atoms with Gasteiger partial charge in [-0.3, -0.25) is 0 Å². The van der Waals surface area contributed by atoms with Crippen molar-refractivity contribution < 1.29 is 9.47 Å². The molecule has 0 unspecified atom stereocenters. The third kappa shape index (κ3) is 3.09. The summed E-state index contributed by atoms with van der Waals surface area (Å²) in [5.41, 5.74) is 0. The fraction of sp³-hybridized carbons (Fsp3) is 0.889. The molecule has 1 saturated heterocycles. The summed E-state index contributed by atoms with van der Waals surface area (Å²) in [4.78, 5) is 2.34. The van der Waals surface area contributed by atoms with E-state index in [4.69, 9.17) is 9.47 Å². The molecule has 0 amide bonds. The van der Waals surface area contributed by atoms with E-state index in [-0.39, 0.29) is 0 Å². The Hall–Kier alpha value is -0.120. The molecule has 12 heavy (non-hydrogen) atoms. The number of piperidine rings is 1. The summed E-state index contributed by atoms with van der Waals surface area (Å²) in [7, 11) is 1.66. The van der Waals surface area contributed by atoms with Crippen LogP contribution in [-0.2, 0) is 9.47 Å². The summed E-state index contributed by atoms with van der Waals surface area (Å²) < 4.78 is 10.3. The van der Waals surface area contributed by atoms with Crippen molar-refractivity contribution in [2.45, 2.75) is 18.9 Å². The van der Waals surface area contributed by atoms with Crippen molar-refractivity contribution in [2.75, 3.05) is 33.5 Å². The first kappa shape index (κ1) is 9.96. The monoisotopic (exact) mass is 172 g/mol. The van der Waals surface area contributed by atoms with Crippen LogP contribution in [0.15, 0.2) is 0 Å². The van der Waals surface area contributed by atoms with Crippen LogP contribution in [0.4, 0.5) is 0 Å². The highest BCUT2D eigenvalue weighted by Crippen LogP contribution is 2.12. The predicted molar refractivity (Wildman–Crippen MR) is 47.8 cm³/mol. The van der Waals surface area contributed by atoms with Crippen molar-refractivity contribution >= 4 is 0 Å². The van der Waals surface area contributed by atoms with Crippen LogP contribution in [0.5, 0.6) is 0 Å². The van der Waals surface area contributed by atoms with Gasteiger partial charge in [-0.15, -0.1) is 0 Å². The molecule has 1 radical (unpaired) electrons. The van der Waals surface area contributed by atoms with Crippen molar-refractivity contribution in [1.29, 1.82) is 0 Å². The molecule has 1 rings (SSSR count). The highest BCUT2D eigenvalue weighted by molar-refractivity contribution is 4.72. The number of methoxy groups -OCH3 is 1. The van der Waals surface area contributed by atoms with Crippen LogP contribution >= 0.6 is 0 Å². The second-order valence-electron chi connectivity index (χ2n) is 3.11. The van der Waals surface area contributed by atoms with Gasteiger partial charge in [0.2, 0.25) is 0 Å². The van der Waals surface area contributed by atoms with Gasteiger partial charge in [0.1, 0.15) is 6.79 Å². The molecule has 0 aliphatic carbocycles. The maximum atomic E-state index is 5.46. The van der Waals surface area contributed by atoms with E-state index < -0.39 is 0 Å². The first-order chi connectivity index (χ1) is 5.86. The highest BCUT2D eigenvalue weighted by atomic mass is 16.7. The Morgan fingerprint density at radius 3 is 2.58 bits per heavy atom. The Balaban J connectivity index is 2.09. The standard InChI is InChI=1S/C9H18NO2/c1-3-10-6-4-9(5-7-10)12-8-11-2/h9H,1,3-8H2,2H3. The maximum Gasteiger partial charge on any atom is 0.146 e. The first-order valence-corrected chi connectivity index (χ1v) is 4.49. The Bertz CT molecular complexity index is 111. The number of likely N-dealkylation sites (tertiary alicyclic amines) is 1. The summed E-state index contributed by atoms with van der Waals surface area (Å²) >= 11 is 0. The average molecular weight is 172 g/mol. The third-order valence-corrected chi connectivity index (χ3v) is 2.27. The maximum absolute atomic E-state index is 5.46. The van der Waals surface area contributed by atoms with Crippen molar-refractivity contribution in [3.05, 3.63) is 6.92 Å². The van der Waals surface area contributed by atoms with Gasteiger partial charge in [0, 0.05) is 20.2 Å². The predicted octanol–water partition coefficient (Wildman–Crippen LogP) is 0.905. The van der Waals surface area contributed by atoms with Gasteiger partial charge in [0.15, 0.2) is 0 Å². The lowest BCUT2D eigenvalue weighted by atomic mass is 10.1. The van der Waals surface area contributed by atoms with Gasteiger partial charge in [0.25, 0.3) is 0 Å². The van der Waals surface area contributed by atoms with Crippen LogP contribution in [0.2, 0.25) is 0 Å². The van der Waals surface area contributed by atoms with Crippen molar-refractivity contribution in [3.63, 3.8) is 0 Å². The molecule has 1 aliphatic rings. The summed E-state index contributed by atoms with van der Waals surface area (Å²) in [6, 6.07) is 0. The van der Waals surface area contributed by atoms with E-state index >= 15 is 0 Å². The van der Waals surface area contributed by atoms with Crippen LogP contribution < -0.4 is 0 Å². The minimum absolute atomic E-state index is 0.396. The molecule has 3 nitrogen and oxygen atoms in total. The number of nitrogens with zero attached hydrogens (tertiary/aromatic N) is 1. The van der Waals surface area contributed by atoms with Crippen LogP contribution in [-0.4, -0.2) is 44.5 Å². The van der Waals surface area contributed by atoms with Crippen molar-refractivity contribution in [1.82, 2.24) is 4.90 Å². The van der Waals surface area contributed by atoms with E-state index in [2.05, 4.69) is 11.8 Å². The zero-order valence-corrected chi connectivity index (χ0v) is 7.79. The fourth-order valence-corrected chi connectivity index (χ4v) is 1.46. The Morgan fingerprint density at radius 1 is 1.42 bits per heavy atom. The van der Waals surface area contributed by atoms with Crippen LogP contribution in [0, 0.1) is 6.92 Å². The summed E-state index contributed by atoms with van der Waals surface area (Å²) in [5.74, 6) is 0. The van der Waals surface area contributed by atoms with E-state index in [1.165, 1.54) is 0 Å². The van der Waals surface area contributed by atoms with Crippen LogP contribution in [0.3, 0.4) is 0 Å². The zero-order chi connectivity index (χ0) is 8.81. The van der Waals surface area contributed by atoms with E-state index in [0.717, 1.165) is 32.5 Å². The molecule has 0 aromatic heterocycles. The van der Waals surface area contributed by atoms with Gasteiger partial charge in [-0.25, -0.2) is 0 Å². The van der Waals surface area contributed by atoms with Gasteiger partial charge in [-0.2, -0.15) is 0 Å². The molecule has 0 atom stereocenters. The summed E-state index contributed by atoms with van der Waals surface area (Å²) in [6.07, 6.45) is 2.62. The molecule has 3 heteroatoms. The molecular formula is C9H18NO2. The molecular weight excluding hydrogens is 154 g/mol. The van der Waals surface area contributed by atoms with E-state index in [9.17, 15) is 0 Å². The third-order valence-electron chi connectivity index (χ3n) is 2.27. The van der Waals surface area contributed by atoms with Crippen molar-refractivity contribution in [3.8, 4) is 0 Å². The van der Waals surface area contributed by atoms with E-state index in [1.54, 1.807) is 7.11 Å². The minimum atomic E-state index is 0.396. The average Bonchev–Trinajstić information content (AvgIpc) is 2.15. The lowest BCUT2D eigenvalue weighted by molar-refractivity contribution is -0.0879. The lowest BCUT2D eigenvalue weighted by Gasteiger charge is -2.30. The molecule has 0 spiro atoms. The van der Waals surface area contributed by atoms with Crippen molar-refractivity contribution in [2.24, 2.45) is 0 Å². The normalized spacial score (nSPS) is 21.5. The molecule has 71 valence electrons. The number of hydrogen-bond acceptors (Lipinski definition) is 3. The molecule has 0 bridgehead atoms. The summed E-state index contributed by atoms with van der Waals surface area (Å²) in [5, 5.41) is 0. The Morgan fingerprint density at radius 2 is 2.08 bits per heavy atom. The fourth-order valence-electron chi connectivity index (χ4n) is 1.46. The second-order valence-corrected chi connectivity index (χ2v) is 3.11. The van der Waals surface area contributed by atoms with Crippen LogP contribution in [0.25, 0.3) is 0 Å². The molecule has 0 aromatic rings. The number of rotatable bonds is 4. The minimum Gasteiger partial charge on any atom is -0.359 e. The van der Waals surface area contributed by atoms with Gasteiger partial charge >= 0.3 is 0 Å². The Labute approximate surface area is 74.6 Å². The van der Waals surface area contributed by atoms with Crippen LogP contribution in [0.1, 0.15) is 12.8 Å². The molecule has 0 N–H and O–H groups in total. The second kappa shape index (κ2) is 5.51. The van der Waals surface area contributed by atoms with Gasteiger partial charge in [-0.05, 0) is 26.3 Å². The molecule has 0 saturated carbocycles. The molecule has 1 aliphatic heterocycles. The van der Waals surface area contributed by atoms with E-state index in [1.807, 2.05) is 0 Å². The van der Waals surface area contributed by atoms with Gasteiger partial charge in [-0.1, -0.05) is 0 Å². The van der Waals surface area contributed by atoms with Gasteiger partial charge in [0.05, 0.1) is 6.10 Å². The largest absolute Gasteiger partial charge is 0.359 e. The topological polar surface area (TPSA) is 21.7 Å². The highest BCUT2D eigenvalue weighted by Gasteiger charge is 2.17. The number of hydrogen-bond donors (Lipinski definition) is 0. The molecule has 1 fully saturated rings. The first-order valence-electron chi connectivity index (χ1n) is 4.49. The molecule has 1 heterocycles. The number of ether oxygens (including phenoxy) is 2. The zero-order valence-electron chi connectivity index (χ0n) is 7.79. The molecule has 0 aromatic carbocycles.